The van der Waals surface area contributed by atoms with Gasteiger partial charge in [0.15, 0.2) is 5.13 Å². The van der Waals surface area contributed by atoms with Gasteiger partial charge in [-0.3, -0.25) is 9.59 Å². The topological polar surface area (TPSA) is 80.3 Å². The average Bonchev–Trinajstić information content (AvgIpc) is 3.29. The molecule has 0 radical (unpaired) electrons. The van der Waals surface area contributed by atoms with E-state index in [1.54, 1.807) is 11.4 Å². The first-order valence-electron chi connectivity index (χ1n) is 8.92. The molecule has 2 aromatic rings. The molecule has 0 bridgehead atoms. The van der Waals surface area contributed by atoms with Gasteiger partial charge < -0.3 is 15.4 Å². The summed E-state index contributed by atoms with van der Waals surface area (Å²) in [5.74, 6) is 0.612. The number of hydrogen-bond acceptors (Lipinski definition) is 5. The number of carbonyl (C=O) groups is 2. The summed E-state index contributed by atoms with van der Waals surface area (Å²) in [5, 5.41) is 8.08. The number of hydrogen-bond donors (Lipinski definition) is 2. The number of carbonyl (C=O) groups excluding carboxylic acids is 2. The number of nitrogens with zero attached hydrogens (tertiary/aromatic N) is 1. The van der Waals surface area contributed by atoms with Crippen molar-refractivity contribution in [2.45, 2.75) is 39.0 Å². The summed E-state index contributed by atoms with van der Waals surface area (Å²) in [6, 6.07) is 7.33. The van der Waals surface area contributed by atoms with E-state index in [0.717, 1.165) is 25.7 Å². The van der Waals surface area contributed by atoms with Gasteiger partial charge in [0.1, 0.15) is 5.75 Å². The van der Waals surface area contributed by atoms with Crippen molar-refractivity contribution in [2.75, 3.05) is 17.2 Å². The fraction of sp³-hybridized carbons (Fsp3) is 0.421. The molecule has 138 valence electrons. The van der Waals surface area contributed by atoms with E-state index >= 15 is 0 Å². The van der Waals surface area contributed by atoms with Gasteiger partial charge in [-0.1, -0.05) is 25.0 Å². The van der Waals surface area contributed by atoms with Gasteiger partial charge in [-0.25, -0.2) is 4.98 Å². The lowest BCUT2D eigenvalue weighted by atomic mass is 10.1. The zero-order valence-corrected chi connectivity index (χ0v) is 15.6. The minimum absolute atomic E-state index is 0.0403. The molecule has 3 rings (SSSR count). The molecule has 7 heteroatoms. The predicted octanol–water partition coefficient (Wildman–Crippen LogP) is 3.85. The average molecular weight is 373 g/mol. The van der Waals surface area contributed by atoms with Gasteiger partial charge in [0.25, 0.3) is 0 Å². The van der Waals surface area contributed by atoms with Crippen LogP contribution in [0.1, 0.15) is 38.3 Å². The molecule has 1 aromatic heterocycles. The second-order valence-corrected chi connectivity index (χ2v) is 7.13. The molecule has 2 N–H and O–H groups in total. The molecular weight excluding hydrogens is 350 g/mol. The quantitative estimate of drug-likeness (QED) is 0.772. The zero-order valence-electron chi connectivity index (χ0n) is 14.8. The van der Waals surface area contributed by atoms with Crippen molar-refractivity contribution >= 4 is 34.0 Å². The van der Waals surface area contributed by atoms with E-state index in [1.165, 1.54) is 11.3 Å². The lowest BCUT2D eigenvalue weighted by Crippen LogP contribution is -2.20. The molecule has 1 aromatic carbocycles. The third-order valence-electron chi connectivity index (χ3n) is 4.31. The van der Waals surface area contributed by atoms with Gasteiger partial charge in [-0.15, -0.1) is 11.3 Å². The molecule has 0 aliphatic heterocycles. The number of ether oxygens (including phenoxy) is 1. The Labute approximate surface area is 157 Å². The number of amides is 2. The van der Waals surface area contributed by atoms with Crippen LogP contribution in [0, 0.1) is 5.92 Å². The van der Waals surface area contributed by atoms with E-state index in [4.69, 9.17) is 4.74 Å². The molecule has 1 saturated carbocycles. The molecular formula is C19H23N3O3S. The van der Waals surface area contributed by atoms with E-state index in [2.05, 4.69) is 15.6 Å². The maximum absolute atomic E-state index is 12.3. The fourth-order valence-electron chi connectivity index (χ4n) is 3.05. The van der Waals surface area contributed by atoms with Crippen molar-refractivity contribution in [3.63, 3.8) is 0 Å². The van der Waals surface area contributed by atoms with Gasteiger partial charge in [0, 0.05) is 11.3 Å². The Hall–Kier alpha value is -2.41. The Bertz CT molecular complexity index is 769. The summed E-state index contributed by atoms with van der Waals surface area (Å²) in [4.78, 5) is 28.8. The molecule has 1 aliphatic carbocycles. The van der Waals surface area contributed by atoms with Crippen LogP contribution < -0.4 is 15.4 Å². The first-order valence-corrected chi connectivity index (χ1v) is 9.80. The van der Waals surface area contributed by atoms with Crippen LogP contribution >= 0.6 is 11.3 Å². The summed E-state index contributed by atoms with van der Waals surface area (Å²) < 4.78 is 5.51. The molecule has 0 saturated heterocycles. The highest BCUT2D eigenvalue weighted by Crippen LogP contribution is 2.27. The monoisotopic (exact) mass is 373 g/mol. The van der Waals surface area contributed by atoms with E-state index < -0.39 is 0 Å². The lowest BCUT2D eigenvalue weighted by Gasteiger charge is -2.10. The van der Waals surface area contributed by atoms with Crippen LogP contribution in [0.4, 0.5) is 10.8 Å². The van der Waals surface area contributed by atoms with E-state index in [-0.39, 0.29) is 24.2 Å². The van der Waals surface area contributed by atoms with Crippen LogP contribution in [0.5, 0.6) is 5.75 Å². The van der Waals surface area contributed by atoms with Gasteiger partial charge in [0.05, 0.1) is 24.4 Å². The maximum Gasteiger partial charge on any atom is 0.230 e. The maximum atomic E-state index is 12.3. The third kappa shape index (κ3) is 4.82. The van der Waals surface area contributed by atoms with E-state index in [9.17, 15) is 9.59 Å². The molecule has 0 unspecified atom stereocenters. The molecule has 0 atom stereocenters. The standard InChI is InChI=1S/C19H23N3O3S/c1-2-25-16-10-6-5-9-15(16)21-17(23)11-14-12-26-19(20-14)22-18(24)13-7-3-4-8-13/h5-6,9-10,12-13H,2-4,7-8,11H2,1H3,(H,21,23)(H,20,22,24). The number of para-hydroxylation sites is 2. The summed E-state index contributed by atoms with van der Waals surface area (Å²) in [6.07, 6.45) is 4.28. The highest BCUT2D eigenvalue weighted by Gasteiger charge is 2.23. The number of nitrogens with one attached hydrogen (secondary N) is 2. The minimum atomic E-state index is -0.170. The first kappa shape index (κ1) is 18.4. The molecule has 1 fully saturated rings. The number of anilines is 2. The largest absolute Gasteiger partial charge is 0.492 e. The Morgan fingerprint density at radius 2 is 2.00 bits per heavy atom. The van der Waals surface area contributed by atoms with Crippen LogP contribution in [0.2, 0.25) is 0 Å². The van der Waals surface area contributed by atoms with Crippen LogP contribution in [0.25, 0.3) is 0 Å². The Morgan fingerprint density at radius 1 is 1.23 bits per heavy atom. The molecule has 1 aliphatic rings. The highest BCUT2D eigenvalue weighted by molar-refractivity contribution is 7.13. The fourth-order valence-corrected chi connectivity index (χ4v) is 3.76. The third-order valence-corrected chi connectivity index (χ3v) is 5.12. The van der Waals surface area contributed by atoms with Crippen LogP contribution in [0.3, 0.4) is 0 Å². The van der Waals surface area contributed by atoms with Crippen molar-refractivity contribution in [1.29, 1.82) is 0 Å². The second kappa shape index (κ2) is 8.80. The number of aromatic nitrogens is 1. The highest BCUT2D eigenvalue weighted by atomic mass is 32.1. The normalized spacial score (nSPS) is 14.2. The van der Waals surface area contributed by atoms with E-state index in [1.807, 2.05) is 25.1 Å². The van der Waals surface area contributed by atoms with Crippen molar-refractivity contribution in [1.82, 2.24) is 4.98 Å². The van der Waals surface area contributed by atoms with Gasteiger partial charge in [-0.05, 0) is 31.9 Å². The summed E-state index contributed by atoms with van der Waals surface area (Å²) in [6.45, 7) is 2.43. The van der Waals surface area contributed by atoms with Gasteiger partial charge in [0.2, 0.25) is 11.8 Å². The van der Waals surface area contributed by atoms with Crippen LogP contribution in [-0.4, -0.2) is 23.4 Å². The van der Waals surface area contributed by atoms with Crippen molar-refractivity contribution in [2.24, 2.45) is 5.92 Å². The Balaban J connectivity index is 1.55. The lowest BCUT2D eigenvalue weighted by molar-refractivity contribution is -0.119. The molecule has 2 amide bonds. The van der Waals surface area contributed by atoms with Gasteiger partial charge >= 0.3 is 0 Å². The van der Waals surface area contributed by atoms with Crippen molar-refractivity contribution < 1.29 is 14.3 Å². The molecule has 1 heterocycles. The Morgan fingerprint density at radius 3 is 2.77 bits per heavy atom. The zero-order chi connectivity index (χ0) is 18.4. The van der Waals surface area contributed by atoms with Crippen molar-refractivity contribution in [3.05, 3.63) is 35.3 Å². The summed E-state index contributed by atoms with van der Waals surface area (Å²) >= 11 is 1.35. The second-order valence-electron chi connectivity index (χ2n) is 6.27. The first-order chi connectivity index (χ1) is 12.7. The minimum Gasteiger partial charge on any atom is -0.492 e. The van der Waals surface area contributed by atoms with Crippen molar-refractivity contribution in [3.8, 4) is 5.75 Å². The molecule has 0 spiro atoms. The van der Waals surface area contributed by atoms with Crippen LogP contribution in [0.15, 0.2) is 29.6 Å². The molecule has 26 heavy (non-hydrogen) atoms. The number of thiazole rings is 1. The number of rotatable bonds is 7. The van der Waals surface area contributed by atoms with E-state index in [0.29, 0.717) is 28.9 Å². The Kier molecular flexibility index (Phi) is 6.22. The van der Waals surface area contributed by atoms with Crippen LogP contribution in [-0.2, 0) is 16.0 Å². The smallest absolute Gasteiger partial charge is 0.230 e. The summed E-state index contributed by atoms with van der Waals surface area (Å²) in [5.41, 5.74) is 1.28. The number of benzene rings is 1. The summed E-state index contributed by atoms with van der Waals surface area (Å²) in [7, 11) is 0. The molecule has 6 nitrogen and oxygen atoms in total. The predicted molar refractivity (Wildman–Crippen MR) is 103 cm³/mol. The van der Waals surface area contributed by atoms with Gasteiger partial charge in [-0.2, -0.15) is 0 Å². The SMILES string of the molecule is CCOc1ccccc1NC(=O)Cc1csc(NC(=O)C2CCCC2)n1.